The van der Waals surface area contributed by atoms with Crippen LogP contribution in [0.3, 0.4) is 0 Å². The third-order valence-corrected chi connectivity index (χ3v) is 4.23. The first-order chi connectivity index (χ1) is 10.2. The minimum absolute atomic E-state index is 0.243. The zero-order valence-corrected chi connectivity index (χ0v) is 12.8. The fourth-order valence-corrected chi connectivity index (χ4v) is 2.94. The smallest absolute Gasteiger partial charge is 0.123 e. The molecule has 0 aliphatic heterocycles. The van der Waals surface area contributed by atoms with Gasteiger partial charge in [0.05, 0.1) is 6.61 Å². The molecule has 1 aliphatic carbocycles. The van der Waals surface area contributed by atoms with Crippen LogP contribution in [0.25, 0.3) is 0 Å². The molecule has 2 unspecified atom stereocenters. The normalized spacial score (nSPS) is 22.2. The Labute approximate surface area is 127 Å². The van der Waals surface area contributed by atoms with Gasteiger partial charge in [-0.15, -0.1) is 0 Å². The van der Waals surface area contributed by atoms with Crippen LogP contribution in [-0.2, 0) is 6.54 Å². The number of hydrogen-bond acceptors (Lipinski definition) is 4. The summed E-state index contributed by atoms with van der Waals surface area (Å²) in [6, 6.07) is 5.83. The summed E-state index contributed by atoms with van der Waals surface area (Å²) >= 11 is 0. The first-order valence-electron chi connectivity index (χ1n) is 8.03. The third kappa shape index (κ3) is 4.61. The van der Waals surface area contributed by atoms with E-state index in [0.29, 0.717) is 30.9 Å². The lowest BCUT2D eigenvalue weighted by atomic mass is 9.85. The summed E-state index contributed by atoms with van der Waals surface area (Å²) in [7, 11) is 0. The Balaban J connectivity index is 1.90. The van der Waals surface area contributed by atoms with Crippen LogP contribution in [-0.4, -0.2) is 29.5 Å². The zero-order valence-electron chi connectivity index (χ0n) is 12.8. The maximum Gasteiger partial charge on any atom is 0.123 e. The van der Waals surface area contributed by atoms with Crippen LogP contribution < -0.4 is 10.1 Å². The third-order valence-electron chi connectivity index (χ3n) is 4.23. The zero-order chi connectivity index (χ0) is 15.1. The van der Waals surface area contributed by atoms with E-state index in [2.05, 4.69) is 12.2 Å². The lowest BCUT2D eigenvalue weighted by Gasteiger charge is -2.31. The van der Waals surface area contributed by atoms with Crippen molar-refractivity contribution in [3.05, 3.63) is 23.8 Å². The van der Waals surface area contributed by atoms with E-state index in [1.54, 1.807) is 6.07 Å². The molecule has 1 saturated carbocycles. The Morgan fingerprint density at radius 3 is 2.81 bits per heavy atom. The minimum atomic E-state index is 0.243. The molecular formula is C17H27NO3. The molecule has 0 aromatic heterocycles. The lowest BCUT2D eigenvalue weighted by Crippen LogP contribution is -2.39. The largest absolute Gasteiger partial charge is 0.507 e. The number of benzene rings is 1. The number of hydrogen-bond donors (Lipinski definition) is 3. The molecule has 0 radical (unpaired) electrons. The van der Waals surface area contributed by atoms with Gasteiger partial charge in [0, 0.05) is 30.8 Å². The number of aromatic hydroxyl groups is 1. The number of phenols is 1. The number of nitrogens with one attached hydrogen (secondary N) is 1. The van der Waals surface area contributed by atoms with Crippen LogP contribution in [0, 0.1) is 5.92 Å². The second-order valence-corrected chi connectivity index (χ2v) is 5.85. The van der Waals surface area contributed by atoms with E-state index in [1.807, 2.05) is 12.1 Å². The minimum Gasteiger partial charge on any atom is -0.507 e. The summed E-state index contributed by atoms with van der Waals surface area (Å²) in [5, 5.41) is 23.0. The summed E-state index contributed by atoms with van der Waals surface area (Å²) in [4.78, 5) is 0. The Bertz CT molecular complexity index is 436. The SMILES string of the molecule is CCCOc1ccc(CNC2CCCCC2CO)c(O)c1. The summed E-state index contributed by atoms with van der Waals surface area (Å²) in [5.41, 5.74) is 0.876. The highest BCUT2D eigenvalue weighted by molar-refractivity contribution is 5.39. The van der Waals surface area contributed by atoms with E-state index in [1.165, 1.54) is 12.8 Å². The molecule has 1 fully saturated rings. The molecule has 118 valence electrons. The highest BCUT2D eigenvalue weighted by Crippen LogP contribution is 2.27. The van der Waals surface area contributed by atoms with E-state index in [-0.39, 0.29) is 12.4 Å². The van der Waals surface area contributed by atoms with Crippen LogP contribution in [0.1, 0.15) is 44.6 Å². The van der Waals surface area contributed by atoms with Crippen molar-refractivity contribution in [1.82, 2.24) is 5.32 Å². The molecule has 0 heterocycles. The van der Waals surface area contributed by atoms with Crippen molar-refractivity contribution in [2.45, 2.75) is 51.6 Å². The average Bonchev–Trinajstić information content (AvgIpc) is 2.52. The van der Waals surface area contributed by atoms with Crippen molar-refractivity contribution in [3.8, 4) is 11.5 Å². The molecule has 0 bridgehead atoms. The Morgan fingerprint density at radius 1 is 1.29 bits per heavy atom. The average molecular weight is 293 g/mol. The van der Waals surface area contributed by atoms with Gasteiger partial charge in [0.2, 0.25) is 0 Å². The number of phenolic OH excluding ortho intramolecular Hbond substituents is 1. The van der Waals surface area contributed by atoms with Gasteiger partial charge in [-0.05, 0) is 31.2 Å². The number of aliphatic hydroxyl groups is 1. The van der Waals surface area contributed by atoms with Crippen molar-refractivity contribution in [2.24, 2.45) is 5.92 Å². The summed E-state index contributed by atoms with van der Waals surface area (Å²) in [5.74, 6) is 1.32. The Kier molecular flexibility index (Phi) is 6.33. The molecule has 4 heteroatoms. The number of rotatable bonds is 7. The number of aliphatic hydroxyl groups excluding tert-OH is 1. The van der Waals surface area contributed by atoms with Crippen LogP contribution in [0.5, 0.6) is 11.5 Å². The van der Waals surface area contributed by atoms with Crippen molar-refractivity contribution in [3.63, 3.8) is 0 Å². The Morgan fingerprint density at radius 2 is 2.10 bits per heavy atom. The number of ether oxygens (including phenoxy) is 1. The molecular weight excluding hydrogens is 266 g/mol. The molecule has 2 atom stereocenters. The van der Waals surface area contributed by atoms with E-state index in [9.17, 15) is 10.2 Å². The molecule has 0 spiro atoms. The van der Waals surface area contributed by atoms with Gasteiger partial charge in [0.15, 0.2) is 0 Å². The van der Waals surface area contributed by atoms with Crippen molar-refractivity contribution in [2.75, 3.05) is 13.2 Å². The standard InChI is InChI=1S/C17H27NO3/c1-2-9-21-15-8-7-13(17(20)10-15)11-18-16-6-4-3-5-14(16)12-19/h7-8,10,14,16,18-20H,2-6,9,11-12H2,1H3. The van der Waals surface area contributed by atoms with Gasteiger partial charge in [0.1, 0.15) is 11.5 Å². The fraction of sp³-hybridized carbons (Fsp3) is 0.647. The van der Waals surface area contributed by atoms with Crippen LogP contribution >= 0.6 is 0 Å². The van der Waals surface area contributed by atoms with Crippen LogP contribution in [0.15, 0.2) is 18.2 Å². The molecule has 1 aromatic carbocycles. The molecule has 0 saturated heterocycles. The second-order valence-electron chi connectivity index (χ2n) is 5.85. The Hall–Kier alpha value is -1.26. The molecule has 1 aromatic rings. The first kappa shape index (κ1) is 16.1. The predicted molar refractivity (Wildman–Crippen MR) is 83.6 cm³/mol. The van der Waals surface area contributed by atoms with Crippen LogP contribution in [0.4, 0.5) is 0 Å². The maximum atomic E-state index is 10.1. The fourth-order valence-electron chi connectivity index (χ4n) is 2.94. The first-order valence-corrected chi connectivity index (χ1v) is 8.03. The molecule has 21 heavy (non-hydrogen) atoms. The van der Waals surface area contributed by atoms with Gasteiger partial charge >= 0.3 is 0 Å². The van der Waals surface area contributed by atoms with Gasteiger partial charge in [0.25, 0.3) is 0 Å². The summed E-state index contributed by atoms with van der Waals surface area (Å²) in [6.07, 6.45) is 5.56. The molecule has 3 N–H and O–H groups in total. The molecule has 2 rings (SSSR count). The van der Waals surface area contributed by atoms with E-state index >= 15 is 0 Å². The summed E-state index contributed by atoms with van der Waals surface area (Å²) < 4.78 is 5.51. The molecule has 0 amide bonds. The van der Waals surface area contributed by atoms with E-state index in [4.69, 9.17) is 4.74 Å². The summed E-state index contributed by atoms with van der Waals surface area (Å²) in [6.45, 7) is 3.59. The van der Waals surface area contributed by atoms with Gasteiger partial charge in [-0.25, -0.2) is 0 Å². The van der Waals surface area contributed by atoms with Gasteiger partial charge in [-0.1, -0.05) is 25.8 Å². The van der Waals surface area contributed by atoms with Gasteiger partial charge in [-0.2, -0.15) is 0 Å². The van der Waals surface area contributed by atoms with E-state index < -0.39 is 0 Å². The lowest BCUT2D eigenvalue weighted by molar-refractivity contribution is 0.152. The van der Waals surface area contributed by atoms with Gasteiger partial charge < -0.3 is 20.3 Å². The maximum absolute atomic E-state index is 10.1. The topological polar surface area (TPSA) is 61.7 Å². The van der Waals surface area contributed by atoms with Crippen molar-refractivity contribution < 1.29 is 14.9 Å². The van der Waals surface area contributed by atoms with Crippen molar-refractivity contribution in [1.29, 1.82) is 0 Å². The predicted octanol–water partition coefficient (Wildman–Crippen LogP) is 2.82. The van der Waals surface area contributed by atoms with E-state index in [0.717, 1.165) is 24.8 Å². The van der Waals surface area contributed by atoms with Gasteiger partial charge in [-0.3, -0.25) is 0 Å². The molecule has 4 nitrogen and oxygen atoms in total. The monoisotopic (exact) mass is 293 g/mol. The van der Waals surface area contributed by atoms with Crippen LogP contribution in [0.2, 0.25) is 0 Å². The quantitative estimate of drug-likeness (QED) is 0.723. The van der Waals surface area contributed by atoms with Crippen molar-refractivity contribution >= 4 is 0 Å². The second kappa shape index (κ2) is 8.25. The highest BCUT2D eigenvalue weighted by Gasteiger charge is 2.24. The molecule has 1 aliphatic rings. The highest BCUT2D eigenvalue weighted by atomic mass is 16.5.